The van der Waals surface area contributed by atoms with Gasteiger partial charge in [-0.05, 0) is 53.9 Å². The average molecular weight is 663 g/mol. The Bertz CT molecular complexity index is 1860. The number of nitrogens with zero attached hydrogens (tertiary/aromatic N) is 2. The molecule has 0 heterocycles. The fourth-order valence-electron chi connectivity index (χ4n) is 4.88. The monoisotopic (exact) mass is 662 g/mol. The number of carboxylic acid groups (broad SMARTS) is 1. The first-order valence-electron chi connectivity index (χ1n) is 13.8. The Morgan fingerprint density at radius 1 is 0.792 bits per heavy atom. The van der Waals surface area contributed by atoms with Crippen LogP contribution in [0.25, 0.3) is 0 Å². The molecule has 0 spiro atoms. The topological polar surface area (TPSA) is 224 Å². The van der Waals surface area contributed by atoms with Gasteiger partial charge in [-0.1, -0.05) is 42.5 Å². The summed E-state index contributed by atoms with van der Waals surface area (Å²) in [4.78, 5) is 73.3. The van der Waals surface area contributed by atoms with Crippen molar-refractivity contribution in [1.82, 2.24) is 0 Å². The Labute approximate surface area is 270 Å². The van der Waals surface area contributed by atoms with Gasteiger partial charge in [0, 0.05) is 12.1 Å². The number of nitro benzene ring substituents is 2. The Balaban J connectivity index is 1.51. The minimum atomic E-state index is -1.67. The second-order valence-corrected chi connectivity index (χ2v) is 10.1. The molecule has 4 aromatic rings. The predicted octanol–water partition coefficient (Wildman–Crippen LogP) is 5.40. The molecule has 0 saturated carbocycles. The molecule has 4 aromatic carbocycles. The third-order valence-corrected chi connectivity index (χ3v) is 7.36. The lowest BCUT2D eigenvalue weighted by atomic mass is 9.76. The third kappa shape index (κ3) is 7.26. The summed E-state index contributed by atoms with van der Waals surface area (Å²) in [6, 6.07) is 19.4. The second kappa shape index (κ2) is 14.9. The molecular weight excluding hydrogens is 636 g/mol. The smallest absolute Gasteiger partial charge is 0.344 e. The second-order valence-electron chi connectivity index (χ2n) is 10.1. The van der Waals surface area contributed by atoms with Gasteiger partial charge in [-0.3, -0.25) is 30.3 Å². The molecule has 0 saturated heterocycles. The number of hydrogen-bond donors (Lipinski definition) is 2. The molecule has 1 atom stereocenters. The molecule has 0 aromatic heterocycles. The summed E-state index contributed by atoms with van der Waals surface area (Å²) in [6.07, 6.45) is 0. The molecule has 248 valence electrons. The maximum atomic E-state index is 13.1. The van der Waals surface area contributed by atoms with E-state index in [4.69, 9.17) is 24.5 Å². The van der Waals surface area contributed by atoms with Crippen molar-refractivity contribution in [1.29, 1.82) is 0 Å². The molecule has 2 N–H and O–H groups in total. The van der Waals surface area contributed by atoms with Gasteiger partial charge in [0.2, 0.25) is 0 Å². The summed E-state index contributed by atoms with van der Waals surface area (Å²) >= 11 is 0. The van der Waals surface area contributed by atoms with Crippen LogP contribution >= 0.6 is 0 Å². The third-order valence-electron chi connectivity index (χ3n) is 7.36. The van der Waals surface area contributed by atoms with Crippen LogP contribution in [0.2, 0.25) is 0 Å². The van der Waals surface area contributed by atoms with Gasteiger partial charge in [-0.2, -0.15) is 4.89 Å². The highest BCUT2D eigenvalue weighted by Crippen LogP contribution is 2.36. The highest BCUT2D eigenvalue weighted by atomic mass is 17.2. The Morgan fingerprint density at radius 2 is 1.35 bits per heavy atom. The molecule has 0 fully saturated rings. The number of aromatic carboxylic acids is 1. The van der Waals surface area contributed by atoms with Gasteiger partial charge in [0.25, 0.3) is 11.4 Å². The number of hydrogen-bond acceptors (Lipinski definition) is 13. The van der Waals surface area contributed by atoms with Gasteiger partial charge in [-0.15, -0.1) is 0 Å². The van der Waals surface area contributed by atoms with Crippen molar-refractivity contribution in [3.05, 3.63) is 139 Å². The molecule has 0 aliphatic heterocycles. The van der Waals surface area contributed by atoms with E-state index in [1.807, 2.05) is 0 Å². The minimum absolute atomic E-state index is 0.0304. The van der Waals surface area contributed by atoms with E-state index in [0.717, 1.165) is 18.2 Å². The normalized spacial score (nSPS) is 12.0. The predicted molar refractivity (Wildman–Crippen MR) is 162 cm³/mol. The van der Waals surface area contributed by atoms with E-state index in [9.17, 15) is 39.7 Å². The Kier molecular flexibility index (Phi) is 10.8. The van der Waals surface area contributed by atoms with Crippen LogP contribution in [0.1, 0.15) is 49.9 Å². The SMILES string of the molecule is COC(=O)C(C)(c1ccc(OOCc2cccc([N+](=O)[O-])c2COO)cc1)c1ccc(OC(=O)c2cccc([N+](=O)[O-])c2C(=O)O)cc1. The van der Waals surface area contributed by atoms with Crippen molar-refractivity contribution >= 4 is 29.3 Å². The van der Waals surface area contributed by atoms with Crippen LogP contribution in [0.4, 0.5) is 11.4 Å². The molecule has 0 amide bonds. The van der Waals surface area contributed by atoms with Crippen molar-refractivity contribution in [3.63, 3.8) is 0 Å². The highest BCUT2D eigenvalue weighted by molar-refractivity contribution is 6.05. The number of nitro groups is 2. The molecule has 4 rings (SSSR count). The molecule has 0 aliphatic rings. The zero-order valence-corrected chi connectivity index (χ0v) is 25.2. The zero-order valence-electron chi connectivity index (χ0n) is 25.2. The fraction of sp³-hybridized carbons (Fsp3) is 0.156. The van der Waals surface area contributed by atoms with Crippen molar-refractivity contribution in [2.24, 2.45) is 0 Å². The fourth-order valence-corrected chi connectivity index (χ4v) is 4.88. The van der Waals surface area contributed by atoms with Gasteiger partial charge in [0.05, 0.1) is 28.1 Å². The van der Waals surface area contributed by atoms with E-state index in [1.54, 1.807) is 25.1 Å². The van der Waals surface area contributed by atoms with Crippen molar-refractivity contribution in [2.45, 2.75) is 25.6 Å². The Morgan fingerprint density at radius 3 is 1.90 bits per heavy atom. The maximum Gasteiger partial charge on any atom is 0.344 e. The van der Waals surface area contributed by atoms with Crippen molar-refractivity contribution < 1.29 is 58.7 Å². The number of carbonyl (C=O) groups is 3. The largest absolute Gasteiger partial charge is 0.477 e. The van der Waals surface area contributed by atoms with Crippen molar-refractivity contribution in [2.75, 3.05) is 7.11 Å². The number of esters is 2. The number of carboxylic acids is 1. The van der Waals surface area contributed by atoms with Crippen LogP contribution in [-0.2, 0) is 37.9 Å². The van der Waals surface area contributed by atoms with Gasteiger partial charge < -0.3 is 19.5 Å². The molecule has 1 unspecified atom stereocenters. The summed E-state index contributed by atoms with van der Waals surface area (Å²) in [6.45, 7) is 0.933. The number of methoxy groups -OCH3 is 1. The van der Waals surface area contributed by atoms with Crippen LogP contribution in [-0.4, -0.2) is 45.2 Å². The quantitative estimate of drug-likeness (QED) is 0.0567. The molecule has 0 radical (unpaired) electrons. The first-order valence-corrected chi connectivity index (χ1v) is 13.8. The lowest BCUT2D eigenvalue weighted by molar-refractivity contribution is -0.387. The maximum absolute atomic E-state index is 13.1. The summed E-state index contributed by atoms with van der Waals surface area (Å²) < 4.78 is 10.4. The number of carbonyl (C=O) groups excluding carboxylic acids is 2. The van der Waals surface area contributed by atoms with Gasteiger partial charge in [-0.25, -0.2) is 14.5 Å². The summed E-state index contributed by atoms with van der Waals surface area (Å²) in [5.74, 6) is -3.26. The van der Waals surface area contributed by atoms with Gasteiger partial charge >= 0.3 is 17.9 Å². The zero-order chi connectivity index (χ0) is 35.0. The first kappa shape index (κ1) is 34.6. The van der Waals surface area contributed by atoms with Crippen LogP contribution < -0.4 is 9.62 Å². The van der Waals surface area contributed by atoms with Gasteiger partial charge in [0.15, 0.2) is 11.3 Å². The van der Waals surface area contributed by atoms with E-state index in [0.29, 0.717) is 16.7 Å². The summed E-state index contributed by atoms with van der Waals surface area (Å²) in [7, 11) is 1.21. The lowest BCUT2D eigenvalue weighted by Crippen LogP contribution is -2.35. The standard InChI is InChI=1S/C32H26N2O14/c1-32(31(38)44-2,20-9-13-22(14-10-20)47-30(37)24-6-4-8-27(34(41)42)28(24)29(35)36)21-11-15-23(16-12-21)48-46-17-19-5-3-7-26(33(39)40)25(19)18-45-43/h3-16,43H,17-18H2,1-2H3,(H,35,36). The van der Waals surface area contributed by atoms with E-state index in [2.05, 4.69) is 4.89 Å². The molecule has 16 nitrogen and oxygen atoms in total. The highest BCUT2D eigenvalue weighted by Gasteiger charge is 2.38. The lowest BCUT2D eigenvalue weighted by Gasteiger charge is -2.28. The van der Waals surface area contributed by atoms with Crippen LogP contribution in [0.5, 0.6) is 11.5 Å². The van der Waals surface area contributed by atoms with Crippen molar-refractivity contribution in [3.8, 4) is 11.5 Å². The number of rotatable bonds is 14. The molecular formula is C32H26N2O14. The summed E-state index contributed by atoms with van der Waals surface area (Å²) in [5.41, 5.74) is -2.41. The van der Waals surface area contributed by atoms with Crippen LogP contribution in [0.15, 0.2) is 84.9 Å². The number of benzene rings is 4. The van der Waals surface area contributed by atoms with Gasteiger partial charge in [0.1, 0.15) is 24.4 Å². The first-order chi connectivity index (χ1) is 22.9. The molecule has 16 heteroatoms. The average Bonchev–Trinajstić information content (AvgIpc) is 3.08. The molecule has 0 aliphatic carbocycles. The Hall–Kier alpha value is -6.23. The van der Waals surface area contributed by atoms with Crippen LogP contribution in [0.3, 0.4) is 0 Å². The summed E-state index contributed by atoms with van der Waals surface area (Å²) in [5, 5.41) is 40.9. The molecule has 48 heavy (non-hydrogen) atoms. The van der Waals surface area contributed by atoms with E-state index in [-0.39, 0.29) is 29.4 Å². The molecule has 0 bridgehead atoms. The van der Waals surface area contributed by atoms with E-state index < -0.39 is 56.6 Å². The van der Waals surface area contributed by atoms with E-state index >= 15 is 0 Å². The van der Waals surface area contributed by atoms with E-state index in [1.165, 1.54) is 55.6 Å². The number of ether oxygens (including phenoxy) is 2. The minimum Gasteiger partial charge on any atom is -0.477 e. The van der Waals surface area contributed by atoms with Crippen LogP contribution in [0, 0.1) is 20.2 Å².